The van der Waals surface area contributed by atoms with E-state index in [9.17, 15) is 13.2 Å². The molecule has 2 aromatic rings. The summed E-state index contributed by atoms with van der Waals surface area (Å²) in [5, 5.41) is 2.55. The van der Waals surface area contributed by atoms with E-state index in [-0.39, 0.29) is 0 Å². The van der Waals surface area contributed by atoms with Gasteiger partial charge in [-0.25, -0.2) is 13.2 Å². The molecule has 0 aliphatic heterocycles. The Morgan fingerprint density at radius 1 is 1.05 bits per heavy atom. The molecule has 21 heavy (non-hydrogen) atoms. The van der Waals surface area contributed by atoms with Crippen LogP contribution in [-0.4, -0.2) is 6.61 Å². The van der Waals surface area contributed by atoms with Gasteiger partial charge in [-0.15, -0.1) is 0 Å². The Balaban J connectivity index is 2.29. The number of hydrogen-bond donors (Lipinski definition) is 2. The highest BCUT2D eigenvalue weighted by atomic mass is 19.1. The smallest absolute Gasteiger partial charge is 0.152 e. The van der Waals surface area contributed by atoms with E-state index in [1.807, 2.05) is 6.92 Å². The van der Waals surface area contributed by atoms with Crippen LogP contribution in [0.4, 0.5) is 30.2 Å². The Bertz CT molecular complexity index is 624. The largest absolute Gasteiger partial charge is 0.493 e. The molecule has 3 nitrogen and oxygen atoms in total. The lowest BCUT2D eigenvalue weighted by Gasteiger charge is -2.12. The van der Waals surface area contributed by atoms with Crippen molar-refractivity contribution < 1.29 is 17.9 Å². The van der Waals surface area contributed by atoms with Crippen molar-refractivity contribution >= 4 is 17.1 Å². The Morgan fingerprint density at radius 3 is 2.33 bits per heavy atom. The van der Waals surface area contributed by atoms with Gasteiger partial charge in [0.25, 0.3) is 0 Å². The molecular weight excluding hydrogens is 281 g/mol. The minimum atomic E-state index is -1.02. The second kappa shape index (κ2) is 6.39. The van der Waals surface area contributed by atoms with Crippen LogP contribution in [0.25, 0.3) is 0 Å². The van der Waals surface area contributed by atoms with Crippen LogP contribution >= 0.6 is 0 Å². The fraction of sp³-hybridized carbons (Fsp3) is 0.200. The van der Waals surface area contributed by atoms with Gasteiger partial charge in [-0.2, -0.15) is 0 Å². The average molecular weight is 296 g/mol. The van der Waals surface area contributed by atoms with Gasteiger partial charge in [-0.3, -0.25) is 0 Å². The minimum absolute atomic E-state index is 0.352. The summed E-state index contributed by atoms with van der Waals surface area (Å²) in [6.45, 7) is 2.46. The zero-order valence-electron chi connectivity index (χ0n) is 11.4. The molecule has 0 spiro atoms. The first kappa shape index (κ1) is 15.0. The fourth-order valence-corrected chi connectivity index (χ4v) is 1.80. The second-order valence-corrected chi connectivity index (χ2v) is 4.51. The van der Waals surface area contributed by atoms with E-state index in [2.05, 4.69) is 5.32 Å². The number of hydrogen-bond acceptors (Lipinski definition) is 3. The van der Waals surface area contributed by atoms with Crippen LogP contribution in [0.2, 0.25) is 0 Å². The van der Waals surface area contributed by atoms with Gasteiger partial charge in [-0.05, 0) is 12.5 Å². The van der Waals surface area contributed by atoms with E-state index in [1.165, 1.54) is 6.07 Å². The number of rotatable bonds is 5. The predicted molar refractivity (Wildman–Crippen MR) is 76.2 cm³/mol. The van der Waals surface area contributed by atoms with Crippen molar-refractivity contribution in [2.45, 2.75) is 13.3 Å². The van der Waals surface area contributed by atoms with E-state index in [0.29, 0.717) is 35.9 Å². The first-order valence-electron chi connectivity index (χ1n) is 6.44. The van der Waals surface area contributed by atoms with Crippen molar-refractivity contribution in [3.63, 3.8) is 0 Å². The molecule has 0 saturated heterocycles. The van der Waals surface area contributed by atoms with E-state index >= 15 is 0 Å². The molecule has 6 heteroatoms. The third-order valence-corrected chi connectivity index (χ3v) is 2.68. The Labute approximate surface area is 120 Å². The highest BCUT2D eigenvalue weighted by Gasteiger charge is 2.12. The average Bonchev–Trinajstić information content (AvgIpc) is 2.40. The molecule has 3 N–H and O–H groups in total. The van der Waals surface area contributed by atoms with Crippen LogP contribution < -0.4 is 15.8 Å². The normalized spacial score (nSPS) is 10.5. The molecule has 2 rings (SSSR count). The van der Waals surface area contributed by atoms with Gasteiger partial charge in [0.2, 0.25) is 0 Å². The fourth-order valence-electron chi connectivity index (χ4n) is 1.80. The van der Waals surface area contributed by atoms with Gasteiger partial charge in [0.1, 0.15) is 17.3 Å². The third-order valence-electron chi connectivity index (χ3n) is 2.68. The number of halogens is 3. The number of benzene rings is 2. The SMILES string of the molecule is CCCOc1cc(N)cc(Nc2c(F)cc(F)cc2F)c1. The van der Waals surface area contributed by atoms with Gasteiger partial charge < -0.3 is 15.8 Å². The van der Waals surface area contributed by atoms with Crippen LogP contribution in [0, 0.1) is 17.5 Å². The zero-order chi connectivity index (χ0) is 15.4. The number of nitrogens with two attached hydrogens (primary N) is 1. The highest BCUT2D eigenvalue weighted by molar-refractivity contribution is 5.67. The molecule has 0 radical (unpaired) electrons. The summed E-state index contributed by atoms with van der Waals surface area (Å²) in [6, 6.07) is 5.88. The van der Waals surface area contributed by atoms with Crippen molar-refractivity contribution in [2.24, 2.45) is 0 Å². The summed E-state index contributed by atoms with van der Waals surface area (Å²) < 4.78 is 45.5. The van der Waals surface area contributed by atoms with E-state index in [0.717, 1.165) is 6.42 Å². The Hall–Kier alpha value is -2.37. The van der Waals surface area contributed by atoms with Crippen LogP contribution in [0.15, 0.2) is 30.3 Å². The first-order chi connectivity index (χ1) is 9.99. The topological polar surface area (TPSA) is 47.3 Å². The molecule has 0 bridgehead atoms. The third kappa shape index (κ3) is 3.81. The summed E-state index contributed by atoms with van der Waals surface area (Å²) in [5.74, 6) is -2.53. The maximum Gasteiger partial charge on any atom is 0.152 e. The van der Waals surface area contributed by atoms with Crippen molar-refractivity contribution in [2.75, 3.05) is 17.7 Å². The lowest BCUT2D eigenvalue weighted by molar-refractivity contribution is 0.318. The monoisotopic (exact) mass is 296 g/mol. The summed E-state index contributed by atoms with van der Waals surface area (Å²) in [6.07, 6.45) is 0.818. The van der Waals surface area contributed by atoms with Gasteiger partial charge in [-0.1, -0.05) is 6.92 Å². The molecule has 0 fully saturated rings. The van der Waals surface area contributed by atoms with E-state index in [4.69, 9.17) is 10.5 Å². The Morgan fingerprint density at radius 2 is 1.71 bits per heavy atom. The molecule has 0 heterocycles. The first-order valence-corrected chi connectivity index (χ1v) is 6.44. The van der Waals surface area contributed by atoms with Gasteiger partial charge in [0, 0.05) is 35.6 Å². The van der Waals surface area contributed by atoms with Crippen LogP contribution in [0.1, 0.15) is 13.3 Å². The summed E-state index contributed by atoms with van der Waals surface area (Å²) in [5.41, 5.74) is 6.01. The molecule has 2 aromatic carbocycles. The van der Waals surface area contributed by atoms with Crippen molar-refractivity contribution in [1.82, 2.24) is 0 Å². The summed E-state index contributed by atoms with van der Waals surface area (Å²) in [7, 11) is 0. The molecule has 112 valence electrons. The lowest BCUT2D eigenvalue weighted by atomic mass is 10.2. The molecule has 0 atom stereocenters. The van der Waals surface area contributed by atoms with Crippen molar-refractivity contribution in [1.29, 1.82) is 0 Å². The highest BCUT2D eigenvalue weighted by Crippen LogP contribution is 2.28. The van der Waals surface area contributed by atoms with Gasteiger partial charge >= 0.3 is 0 Å². The minimum Gasteiger partial charge on any atom is -0.493 e. The number of nitrogen functional groups attached to an aromatic ring is 1. The summed E-state index contributed by atoms with van der Waals surface area (Å²) >= 11 is 0. The standard InChI is InChI=1S/C15H15F3N2O/c1-2-3-21-12-7-10(19)6-11(8-12)20-15-13(17)4-9(16)5-14(15)18/h4-8,20H,2-3,19H2,1H3. The predicted octanol–water partition coefficient (Wildman–Crippen LogP) is 4.22. The molecule has 0 aliphatic rings. The van der Waals surface area contributed by atoms with Crippen molar-refractivity contribution in [3.05, 3.63) is 47.8 Å². The zero-order valence-corrected chi connectivity index (χ0v) is 11.4. The molecular formula is C15H15F3N2O. The maximum absolute atomic E-state index is 13.6. The summed E-state index contributed by atoms with van der Waals surface area (Å²) in [4.78, 5) is 0. The molecule has 0 aliphatic carbocycles. The van der Waals surface area contributed by atoms with Crippen LogP contribution in [-0.2, 0) is 0 Å². The molecule has 0 amide bonds. The maximum atomic E-state index is 13.6. The number of nitrogens with one attached hydrogen (secondary N) is 1. The number of ether oxygens (including phenoxy) is 1. The lowest BCUT2D eigenvalue weighted by Crippen LogP contribution is -2.01. The quantitative estimate of drug-likeness (QED) is 0.812. The molecule has 0 unspecified atom stereocenters. The molecule has 0 aromatic heterocycles. The number of anilines is 3. The van der Waals surface area contributed by atoms with E-state index < -0.39 is 23.1 Å². The van der Waals surface area contributed by atoms with Gasteiger partial charge in [0.05, 0.1) is 6.61 Å². The van der Waals surface area contributed by atoms with Crippen LogP contribution in [0.5, 0.6) is 5.75 Å². The van der Waals surface area contributed by atoms with Gasteiger partial charge in [0.15, 0.2) is 11.6 Å². The van der Waals surface area contributed by atoms with Crippen LogP contribution in [0.3, 0.4) is 0 Å². The molecule has 0 saturated carbocycles. The Kier molecular flexibility index (Phi) is 4.57. The van der Waals surface area contributed by atoms with E-state index in [1.54, 1.807) is 12.1 Å². The van der Waals surface area contributed by atoms with Crippen molar-refractivity contribution in [3.8, 4) is 5.75 Å². The second-order valence-electron chi connectivity index (χ2n) is 4.51.